The molecule has 52 nitrogen and oxygen atoms in total. The van der Waals surface area contributed by atoms with Crippen molar-refractivity contribution >= 4 is 121 Å². The molecule has 0 fully saturated rings. The van der Waals surface area contributed by atoms with Gasteiger partial charge in [-0.25, -0.2) is 52.2 Å². The molecule has 0 saturated carbocycles. The highest BCUT2D eigenvalue weighted by Crippen LogP contribution is 2.35. The summed E-state index contributed by atoms with van der Waals surface area (Å²) in [6.07, 6.45) is 0. The van der Waals surface area contributed by atoms with Crippen LogP contribution in [0.25, 0.3) is 28.4 Å². The van der Waals surface area contributed by atoms with Crippen LogP contribution < -0.4 is 47.5 Å². The number of alkyl halides is 1. The Labute approximate surface area is 853 Å². The Morgan fingerprint density at radius 2 is 0.619 bits per heavy atom. The minimum absolute atomic E-state index is 0.00721. The molecular weight excluding hydrogens is 1980 g/mol. The Kier molecular flexibility index (Phi) is 42.4. The Bertz CT molecular complexity index is 6550. The summed E-state index contributed by atoms with van der Waals surface area (Å²) in [7, 11) is 14.0. The van der Waals surface area contributed by atoms with Crippen LogP contribution in [0.5, 0.6) is 11.8 Å². The third kappa shape index (κ3) is 33.5. The van der Waals surface area contributed by atoms with E-state index in [1.807, 2.05) is 100 Å². The maximum Gasteiger partial charge on any atom is 0.343 e. The van der Waals surface area contributed by atoms with E-state index in [1.54, 1.807) is 135 Å². The number of hydrogen-bond donors (Lipinski definition) is 7. The number of benzene rings is 5. The van der Waals surface area contributed by atoms with Gasteiger partial charge in [-0.15, -0.1) is 45.9 Å². The number of amides is 2. The minimum atomic E-state index is -0.722. The molecule has 0 spiro atoms. The monoisotopic (exact) mass is 2100 g/mol. The van der Waals surface area contributed by atoms with E-state index in [9.17, 15) is 79.3 Å². The number of aromatic nitrogens is 14. The first-order chi connectivity index (χ1) is 69.2. The van der Waals surface area contributed by atoms with E-state index in [0.29, 0.717) is 121 Å². The first kappa shape index (κ1) is 117. The number of anilines is 7. The lowest BCUT2D eigenvalue weighted by molar-refractivity contribution is -0.385. The molecule has 7 heterocycles. The van der Waals surface area contributed by atoms with Gasteiger partial charge in [0.05, 0.1) is 129 Å². The summed E-state index contributed by atoms with van der Waals surface area (Å²) >= 11 is 3.40. The second-order valence-corrected chi connectivity index (χ2v) is 35.6. The van der Waals surface area contributed by atoms with Gasteiger partial charge in [-0.3, -0.25) is 61.2 Å². The van der Waals surface area contributed by atoms with Gasteiger partial charge < -0.3 is 75.3 Å². The van der Waals surface area contributed by atoms with E-state index in [-0.39, 0.29) is 119 Å². The number of urea groups is 1. The van der Waals surface area contributed by atoms with E-state index in [4.69, 9.17) is 44.6 Å². The van der Waals surface area contributed by atoms with Crippen molar-refractivity contribution in [2.45, 2.75) is 145 Å². The molecule has 12 rings (SSSR count). The van der Waals surface area contributed by atoms with Crippen molar-refractivity contribution in [3.8, 4) is 40.2 Å². The molecule has 0 radical (unpaired) electrons. The number of esters is 5. The Morgan fingerprint density at radius 3 is 0.905 bits per heavy atom. The zero-order valence-electron chi connectivity index (χ0n) is 85.5. The third-order valence-electron chi connectivity index (χ3n) is 19.2. The van der Waals surface area contributed by atoms with Crippen LogP contribution in [0, 0.1) is 57.5 Å². The topological polar surface area (TPSA) is 645 Å². The van der Waals surface area contributed by atoms with Gasteiger partial charge in [0.25, 0.3) is 28.4 Å². The zero-order valence-corrected chi connectivity index (χ0v) is 87.1. The van der Waals surface area contributed by atoms with E-state index in [0.717, 1.165) is 0 Å². The fraction of sp³-hybridized carbons (Fsp3) is 0.372. The van der Waals surface area contributed by atoms with E-state index < -0.39 is 60.5 Å². The zero-order chi connectivity index (χ0) is 109. The number of hydrogen-bond acceptors (Lipinski definition) is 40. The Balaban J connectivity index is 0.000000245. The molecule has 53 heteroatoms. The van der Waals surface area contributed by atoms with Crippen molar-refractivity contribution in [1.29, 1.82) is 0 Å². The van der Waals surface area contributed by atoms with Gasteiger partial charge in [-0.2, -0.15) is 0 Å². The fourth-order valence-electron chi connectivity index (χ4n) is 13.2. The normalized spacial score (nSPS) is 11.0. The van der Waals surface area contributed by atoms with Gasteiger partial charge in [-0.05, 0) is 219 Å². The molecule has 0 bridgehead atoms. The summed E-state index contributed by atoms with van der Waals surface area (Å²) < 4.78 is 43.2. The van der Waals surface area contributed by atoms with Crippen LogP contribution in [-0.4, -0.2) is 251 Å². The predicted octanol–water partition coefficient (Wildman–Crippen LogP) is 14.9. The molecule has 147 heavy (non-hydrogen) atoms. The molecule has 786 valence electrons. The average molecular weight is 2100 g/mol. The van der Waals surface area contributed by atoms with Gasteiger partial charge >= 0.3 is 35.9 Å². The number of carbonyl (C=O) groups is 6. The van der Waals surface area contributed by atoms with E-state index in [2.05, 4.69) is 88.4 Å². The van der Waals surface area contributed by atoms with Gasteiger partial charge in [0.1, 0.15) is 33.6 Å². The average Bonchev–Trinajstić information content (AvgIpc) is 1.64. The van der Waals surface area contributed by atoms with Crippen LogP contribution in [0.1, 0.15) is 177 Å². The van der Waals surface area contributed by atoms with Gasteiger partial charge in [0.2, 0.25) is 11.8 Å². The first-order valence-electron chi connectivity index (χ1n) is 45.1. The quantitative estimate of drug-likeness (QED) is 0.00647. The highest BCUT2D eigenvalue weighted by atomic mass is 79.9. The lowest BCUT2D eigenvalue weighted by atomic mass is 10.1. The van der Waals surface area contributed by atoms with Crippen LogP contribution >= 0.6 is 15.9 Å². The second-order valence-electron chi connectivity index (χ2n) is 35.1. The van der Waals surface area contributed by atoms with Crippen molar-refractivity contribution in [2.24, 2.45) is 0 Å². The summed E-state index contributed by atoms with van der Waals surface area (Å²) in [6.45, 7) is 30.2. The summed E-state index contributed by atoms with van der Waals surface area (Å²) in [6, 6.07) is 35.1. The molecule has 0 atom stereocenters. The number of carbonyl (C=O) groups excluding carboxylic acids is 6. The maximum absolute atomic E-state index is 12.9. The number of nitro benzene ring substituents is 5. The number of nitrogens with zero attached hydrogens (tertiary/aromatic N) is 22. The number of ether oxygens (including phenoxy) is 7. The molecular formula is C94H120BrN29O23. The standard InChI is InChI=1S/C21H24N8O6.C19H27N5O4.C17H21BrN4O4.C17H22N4O4.C15H19N5O4.C5H7N3O/c1-5-35-20(30)18-15(12-27(2)3)28(13-6-8-14(9-7-13)29(32)33)26-19(18)23-21(31)22-16-10-11-17(34-4)25-24-16;1-7-28-18(25)16-15(12-22(5)6)23(21-17(16)20-19(2,3)4)13-8-10-14(11-9-13)24(26)27;1-5-26-16(23)14-13(10-18)21(20-15(14)19-17(2,3)4)11-6-8-12(9-7-11)22(24)25;1-6-25-16(22)14-11(2)20(19-15(14)18-17(3,4)5)12-7-9-13(10-8-12)21(23)24;1-4-24-15(21)13-12(9-18(2)3)19(17-14(13)16)10-5-7-11(8-6-10)20(22)23;1-9-5-3-2-4(6)7-8-5/h6-11H,5,12H2,1-4H3,(H2,22,23,24,26,31);8-11H,7,12H2,1-6H3,(H,20,21);6-9H,5,10H2,1-4H3,(H,19,20);7-10H,6H2,1-5H3,(H,18,19);5-8H,4,9H2,1-3H3,(H2,16,17);2-3H,1H3,(H2,6,7). The summed E-state index contributed by atoms with van der Waals surface area (Å²) in [5.41, 5.74) is 17.1. The molecule has 0 saturated heterocycles. The minimum Gasteiger partial charge on any atom is -0.480 e. The molecule has 5 aromatic carbocycles. The Morgan fingerprint density at radius 1 is 0.354 bits per heavy atom. The number of halogens is 1. The van der Waals surface area contributed by atoms with Gasteiger partial charge in [0.15, 0.2) is 34.9 Å². The van der Waals surface area contributed by atoms with Crippen LogP contribution in [0.4, 0.5) is 74.0 Å². The van der Waals surface area contributed by atoms with Crippen molar-refractivity contribution in [2.75, 3.05) is 128 Å². The lowest BCUT2D eigenvalue weighted by Gasteiger charge is -2.21. The van der Waals surface area contributed by atoms with Gasteiger partial charge in [-0.1, -0.05) is 15.9 Å². The van der Waals surface area contributed by atoms with Crippen molar-refractivity contribution in [3.05, 3.63) is 252 Å². The number of rotatable bonds is 34. The van der Waals surface area contributed by atoms with Crippen molar-refractivity contribution < 1.29 is 86.5 Å². The molecule has 7 aromatic heterocycles. The molecule has 9 N–H and O–H groups in total. The lowest BCUT2D eigenvalue weighted by Crippen LogP contribution is -2.27. The molecule has 12 aromatic rings. The Hall–Kier alpha value is -17.1. The predicted molar refractivity (Wildman–Crippen MR) is 549 cm³/mol. The SMILES string of the molecule is CCOC(=O)c1c(N)nn(-c2ccc([N+](=O)[O-])cc2)c1CN(C)C.CCOC(=O)c1c(NC(=O)Nc2ccc(OC)nn2)nn(-c2ccc([N+](=O)[O-])cc2)c1CN(C)C.CCOC(=O)c1c(NC(C)(C)C)nn(-c2ccc([N+](=O)[O-])cc2)c1C.CCOC(=O)c1c(NC(C)(C)C)nn(-c2ccc([N+](=O)[O-])cc2)c1CBr.CCOC(=O)c1c(NC(C)(C)C)nn(-c2ccc([N+](=O)[O-])cc2)c1CN(C)C.COc1ccc(N)nn1. The third-order valence-corrected chi connectivity index (χ3v) is 19.7. The maximum atomic E-state index is 12.9. The van der Waals surface area contributed by atoms with Crippen LogP contribution in [0.2, 0.25) is 0 Å². The molecule has 2 amide bonds. The first-order valence-corrected chi connectivity index (χ1v) is 46.2. The fourth-order valence-corrected chi connectivity index (χ4v) is 13.7. The number of non-ortho nitro benzene ring substituents is 5. The highest BCUT2D eigenvalue weighted by Gasteiger charge is 2.34. The summed E-state index contributed by atoms with van der Waals surface area (Å²) in [5.74, 6) is -0.0777. The number of nitrogens with one attached hydrogen (secondary N) is 5. The highest BCUT2D eigenvalue weighted by molar-refractivity contribution is 9.08. The molecule has 0 aliphatic heterocycles. The van der Waals surface area contributed by atoms with Crippen LogP contribution in [0.15, 0.2) is 146 Å². The number of methoxy groups -OCH3 is 2. The van der Waals surface area contributed by atoms with E-state index >= 15 is 0 Å². The number of nitrogens with two attached hydrogens (primary N) is 2. The van der Waals surface area contributed by atoms with Crippen molar-refractivity contribution in [3.63, 3.8) is 0 Å². The molecule has 0 aliphatic carbocycles. The largest absolute Gasteiger partial charge is 0.480 e. The second kappa shape index (κ2) is 53.3. The van der Waals surface area contributed by atoms with E-state index in [1.165, 1.54) is 109 Å². The summed E-state index contributed by atoms with van der Waals surface area (Å²) in [5, 5.41) is 106. The van der Waals surface area contributed by atoms with Crippen LogP contribution in [0.3, 0.4) is 0 Å². The number of nitro groups is 5. The number of nitrogen functional groups attached to an aromatic ring is 2. The van der Waals surface area contributed by atoms with Crippen molar-refractivity contribution in [1.82, 2.24) is 84.0 Å². The molecule has 0 unspecified atom stereocenters. The summed E-state index contributed by atoms with van der Waals surface area (Å²) in [4.78, 5) is 133. The smallest absolute Gasteiger partial charge is 0.343 e. The van der Waals surface area contributed by atoms with Crippen LogP contribution in [-0.2, 0) is 48.6 Å². The molecule has 0 aliphatic rings. The van der Waals surface area contributed by atoms with Gasteiger partial charge in [0, 0.05) is 114 Å².